The summed E-state index contributed by atoms with van der Waals surface area (Å²) in [5.74, 6) is -0.880. The molecule has 3 rings (SSSR count). The van der Waals surface area contributed by atoms with Crippen molar-refractivity contribution < 1.29 is 8.78 Å². The summed E-state index contributed by atoms with van der Waals surface area (Å²) in [5, 5.41) is 3.70. The predicted molar refractivity (Wildman–Crippen MR) is 80.0 cm³/mol. The number of piperazine rings is 1. The van der Waals surface area contributed by atoms with Crippen molar-refractivity contribution in [1.82, 2.24) is 10.2 Å². The molecule has 0 radical (unpaired) electrons. The van der Waals surface area contributed by atoms with Crippen molar-refractivity contribution in [3.8, 4) is 0 Å². The Bertz CT molecular complexity index is 501. The molecule has 116 valence electrons. The minimum Gasteiger partial charge on any atom is -0.308 e. The summed E-state index contributed by atoms with van der Waals surface area (Å²) < 4.78 is 27.9. The minimum atomic E-state index is -0.440. The molecule has 1 spiro atoms. The average molecular weight is 294 g/mol. The summed E-state index contributed by atoms with van der Waals surface area (Å²) in [4.78, 5) is 2.25. The number of benzene rings is 1. The quantitative estimate of drug-likeness (QED) is 0.898. The van der Waals surface area contributed by atoms with Gasteiger partial charge in [-0.3, -0.25) is 4.90 Å². The van der Waals surface area contributed by atoms with E-state index < -0.39 is 11.6 Å². The highest BCUT2D eigenvalue weighted by atomic mass is 19.1. The first-order chi connectivity index (χ1) is 9.92. The van der Waals surface area contributed by atoms with Crippen LogP contribution < -0.4 is 5.32 Å². The summed E-state index contributed by atoms with van der Waals surface area (Å²) in [7, 11) is 0. The van der Waals surface area contributed by atoms with Crippen molar-refractivity contribution in [3.63, 3.8) is 0 Å². The number of nitrogens with one attached hydrogen (secondary N) is 1. The molecule has 1 saturated carbocycles. The van der Waals surface area contributed by atoms with Gasteiger partial charge in [0.2, 0.25) is 0 Å². The standard InChI is InChI=1S/C17H24F2N2/c1-16(2)11-20-17(8-3-4-9-17)12-21(16)10-13-14(18)6-5-7-15(13)19/h5-7,20H,3-4,8-12H2,1-2H3. The fourth-order valence-electron chi connectivity index (χ4n) is 3.68. The third-order valence-electron chi connectivity index (χ3n) is 5.22. The van der Waals surface area contributed by atoms with Crippen LogP contribution in [0, 0.1) is 11.6 Å². The Balaban J connectivity index is 1.84. The molecule has 1 aliphatic heterocycles. The van der Waals surface area contributed by atoms with Gasteiger partial charge in [-0.15, -0.1) is 0 Å². The van der Waals surface area contributed by atoms with E-state index >= 15 is 0 Å². The van der Waals surface area contributed by atoms with Crippen LogP contribution in [0.4, 0.5) is 8.78 Å². The molecule has 1 saturated heterocycles. The molecule has 1 N–H and O–H groups in total. The molecule has 1 aromatic rings. The van der Waals surface area contributed by atoms with E-state index in [0.29, 0.717) is 6.54 Å². The van der Waals surface area contributed by atoms with Gasteiger partial charge in [-0.05, 0) is 38.8 Å². The van der Waals surface area contributed by atoms with Crippen LogP contribution in [0.2, 0.25) is 0 Å². The summed E-state index contributed by atoms with van der Waals surface area (Å²) in [6, 6.07) is 4.12. The van der Waals surface area contributed by atoms with E-state index in [1.807, 2.05) is 0 Å². The van der Waals surface area contributed by atoms with Crippen LogP contribution in [0.15, 0.2) is 18.2 Å². The molecule has 0 unspecified atom stereocenters. The molecule has 1 heterocycles. The molecule has 0 aromatic heterocycles. The van der Waals surface area contributed by atoms with Crippen LogP contribution in [0.1, 0.15) is 45.1 Å². The summed E-state index contributed by atoms with van der Waals surface area (Å²) >= 11 is 0. The molecule has 1 aliphatic carbocycles. The lowest BCUT2D eigenvalue weighted by atomic mass is 9.87. The zero-order chi connectivity index (χ0) is 15.1. The Hall–Kier alpha value is -1.00. The number of nitrogens with zero attached hydrogens (tertiary/aromatic N) is 1. The maximum absolute atomic E-state index is 13.9. The van der Waals surface area contributed by atoms with E-state index in [2.05, 4.69) is 24.1 Å². The third-order valence-corrected chi connectivity index (χ3v) is 5.22. The zero-order valence-corrected chi connectivity index (χ0v) is 12.9. The number of halogens is 2. The second-order valence-electron chi connectivity index (χ2n) is 7.21. The van der Waals surface area contributed by atoms with Crippen molar-refractivity contribution in [1.29, 1.82) is 0 Å². The van der Waals surface area contributed by atoms with Gasteiger partial charge in [-0.25, -0.2) is 8.78 Å². The normalized spacial score (nSPS) is 24.6. The van der Waals surface area contributed by atoms with E-state index in [1.165, 1.54) is 43.9 Å². The van der Waals surface area contributed by atoms with Gasteiger partial charge in [-0.1, -0.05) is 18.9 Å². The predicted octanol–water partition coefficient (Wildman–Crippen LogP) is 3.46. The molecule has 0 atom stereocenters. The summed E-state index contributed by atoms with van der Waals surface area (Å²) in [5.41, 5.74) is 0.250. The Morgan fingerprint density at radius 1 is 1.14 bits per heavy atom. The van der Waals surface area contributed by atoms with E-state index in [-0.39, 0.29) is 16.6 Å². The average Bonchev–Trinajstić information content (AvgIpc) is 2.87. The van der Waals surface area contributed by atoms with Gasteiger partial charge in [0.15, 0.2) is 0 Å². The molecule has 4 heteroatoms. The van der Waals surface area contributed by atoms with Crippen molar-refractivity contribution in [2.75, 3.05) is 13.1 Å². The molecule has 2 nitrogen and oxygen atoms in total. The van der Waals surface area contributed by atoms with Crippen molar-refractivity contribution in [2.45, 2.75) is 57.2 Å². The number of hydrogen-bond donors (Lipinski definition) is 1. The fourth-order valence-corrected chi connectivity index (χ4v) is 3.68. The van der Waals surface area contributed by atoms with Crippen LogP contribution >= 0.6 is 0 Å². The Kier molecular flexibility index (Phi) is 3.78. The van der Waals surface area contributed by atoms with Gasteiger partial charge in [0, 0.05) is 36.3 Å². The molecule has 2 fully saturated rings. The molecule has 2 aliphatic rings. The first-order valence-electron chi connectivity index (χ1n) is 7.85. The van der Waals surface area contributed by atoms with E-state index in [9.17, 15) is 8.78 Å². The maximum Gasteiger partial charge on any atom is 0.130 e. The van der Waals surface area contributed by atoms with E-state index in [1.54, 1.807) is 0 Å². The highest BCUT2D eigenvalue weighted by molar-refractivity contribution is 5.20. The lowest BCUT2D eigenvalue weighted by Crippen LogP contribution is -2.67. The van der Waals surface area contributed by atoms with Crippen molar-refractivity contribution >= 4 is 0 Å². The van der Waals surface area contributed by atoms with Gasteiger partial charge >= 0.3 is 0 Å². The molecule has 21 heavy (non-hydrogen) atoms. The first kappa shape index (κ1) is 14.9. The van der Waals surface area contributed by atoms with Crippen LogP contribution in [-0.4, -0.2) is 29.1 Å². The van der Waals surface area contributed by atoms with Crippen LogP contribution in [0.5, 0.6) is 0 Å². The molecular formula is C17H24F2N2. The molecule has 1 aromatic carbocycles. The fraction of sp³-hybridized carbons (Fsp3) is 0.647. The number of hydrogen-bond acceptors (Lipinski definition) is 2. The maximum atomic E-state index is 13.9. The monoisotopic (exact) mass is 294 g/mol. The highest BCUT2D eigenvalue weighted by Gasteiger charge is 2.44. The van der Waals surface area contributed by atoms with Crippen LogP contribution in [0.25, 0.3) is 0 Å². The van der Waals surface area contributed by atoms with Gasteiger partial charge in [0.1, 0.15) is 11.6 Å². The second kappa shape index (κ2) is 5.33. The minimum absolute atomic E-state index is 0.0947. The molecule has 0 amide bonds. The van der Waals surface area contributed by atoms with Crippen molar-refractivity contribution in [3.05, 3.63) is 35.4 Å². The van der Waals surface area contributed by atoms with Gasteiger partial charge in [0.25, 0.3) is 0 Å². The lowest BCUT2D eigenvalue weighted by molar-refractivity contribution is 0.0201. The third kappa shape index (κ3) is 2.84. The first-order valence-corrected chi connectivity index (χ1v) is 7.85. The Morgan fingerprint density at radius 2 is 1.76 bits per heavy atom. The Morgan fingerprint density at radius 3 is 2.38 bits per heavy atom. The summed E-state index contributed by atoms with van der Waals surface area (Å²) in [6.07, 6.45) is 4.82. The van der Waals surface area contributed by atoms with E-state index in [4.69, 9.17) is 0 Å². The van der Waals surface area contributed by atoms with Crippen LogP contribution in [0.3, 0.4) is 0 Å². The second-order valence-corrected chi connectivity index (χ2v) is 7.21. The largest absolute Gasteiger partial charge is 0.308 e. The topological polar surface area (TPSA) is 15.3 Å². The number of rotatable bonds is 2. The van der Waals surface area contributed by atoms with Gasteiger partial charge in [0.05, 0.1) is 0 Å². The highest BCUT2D eigenvalue weighted by Crippen LogP contribution is 2.36. The molecule has 0 bridgehead atoms. The smallest absolute Gasteiger partial charge is 0.130 e. The van der Waals surface area contributed by atoms with Crippen molar-refractivity contribution in [2.24, 2.45) is 0 Å². The lowest BCUT2D eigenvalue weighted by Gasteiger charge is -2.51. The SMILES string of the molecule is CC1(C)CNC2(CCCC2)CN1Cc1c(F)cccc1F. The van der Waals surface area contributed by atoms with Gasteiger partial charge < -0.3 is 5.32 Å². The zero-order valence-electron chi connectivity index (χ0n) is 12.9. The van der Waals surface area contributed by atoms with E-state index in [0.717, 1.165) is 13.1 Å². The Labute approximate surface area is 125 Å². The van der Waals surface area contributed by atoms with Crippen LogP contribution in [-0.2, 0) is 6.54 Å². The summed E-state index contributed by atoms with van der Waals surface area (Å²) in [6.45, 7) is 6.35. The van der Waals surface area contributed by atoms with Gasteiger partial charge in [-0.2, -0.15) is 0 Å². The molecular weight excluding hydrogens is 270 g/mol.